The van der Waals surface area contributed by atoms with Crippen LogP contribution in [0.25, 0.3) is 33.8 Å². The third kappa shape index (κ3) is 2.60. The number of benzene rings is 3. The Morgan fingerprint density at radius 2 is 1.54 bits per heavy atom. The number of aromatic nitrogens is 5. The summed E-state index contributed by atoms with van der Waals surface area (Å²) in [5.41, 5.74) is 7.58. The molecule has 0 bridgehead atoms. The molecule has 0 aliphatic heterocycles. The minimum atomic E-state index is 0.813. The molecule has 0 aliphatic carbocycles. The molecule has 5 aromatic rings. The SMILES string of the molecule is Cc1cccc(C)c1-n1cnnc1-c1ccc2c(c1)ncn2-c1ccccc1. The summed E-state index contributed by atoms with van der Waals surface area (Å²) in [6, 6.07) is 22.8. The zero-order valence-corrected chi connectivity index (χ0v) is 15.7. The highest BCUT2D eigenvalue weighted by molar-refractivity contribution is 5.82. The van der Waals surface area contributed by atoms with E-state index >= 15 is 0 Å². The molecule has 2 heterocycles. The Hall–Kier alpha value is -3.73. The predicted octanol–water partition coefficient (Wildman–Crippen LogP) is 4.89. The first-order chi connectivity index (χ1) is 13.7. The van der Waals surface area contributed by atoms with Crippen molar-refractivity contribution in [2.24, 2.45) is 0 Å². The zero-order chi connectivity index (χ0) is 19.1. The van der Waals surface area contributed by atoms with Crippen molar-refractivity contribution < 1.29 is 0 Å². The van der Waals surface area contributed by atoms with Crippen LogP contribution in [0.1, 0.15) is 11.1 Å². The van der Waals surface area contributed by atoms with Gasteiger partial charge in [0.1, 0.15) is 12.7 Å². The van der Waals surface area contributed by atoms with Gasteiger partial charge in [0.2, 0.25) is 0 Å². The lowest BCUT2D eigenvalue weighted by atomic mass is 10.1. The summed E-state index contributed by atoms with van der Waals surface area (Å²) in [6.07, 6.45) is 3.64. The fourth-order valence-corrected chi connectivity index (χ4v) is 3.73. The Morgan fingerprint density at radius 3 is 2.32 bits per heavy atom. The van der Waals surface area contributed by atoms with Gasteiger partial charge in [0, 0.05) is 11.3 Å². The summed E-state index contributed by atoms with van der Waals surface area (Å²) in [6.45, 7) is 4.22. The van der Waals surface area contributed by atoms with Gasteiger partial charge in [0.25, 0.3) is 0 Å². The molecule has 28 heavy (non-hydrogen) atoms. The standard InChI is InChI=1S/C23H19N5/c1-16-7-6-8-17(2)22(16)28-15-25-26-23(28)18-11-12-21-20(13-18)24-14-27(21)19-9-4-3-5-10-19/h3-15H,1-2H3. The van der Waals surface area contributed by atoms with Crippen molar-refractivity contribution >= 4 is 11.0 Å². The molecule has 0 N–H and O–H groups in total. The molecule has 0 amide bonds. The Labute approximate surface area is 162 Å². The molecule has 0 spiro atoms. The van der Waals surface area contributed by atoms with Gasteiger partial charge in [-0.25, -0.2) is 4.98 Å². The smallest absolute Gasteiger partial charge is 0.168 e. The van der Waals surface area contributed by atoms with Gasteiger partial charge in [-0.05, 0) is 55.3 Å². The Morgan fingerprint density at radius 1 is 0.750 bits per heavy atom. The maximum Gasteiger partial charge on any atom is 0.168 e. The fourth-order valence-electron chi connectivity index (χ4n) is 3.73. The highest BCUT2D eigenvalue weighted by Gasteiger charge is 2.14. The second-order valence-corrected chi connectivity index (χ2v) is 6.92. The number of hydrogen-bond acceptors (Lipinski definition) is 3. The van der Waals surface area contributed by atoms with Gasteiger partial charge >= 0.3 is 0 Å². The van der Waals surface area contributed by atoms with Gasteiger partial charge in [-0.1, -0.05) is 36.4 Å². The summed E-state index contributed by atoms with van der Waals surface area (Å²) < 4.78 is 4.15. The first-order valence-corrected chi connectivity index (χ1v) is 9.22. The van der Waals surface area contributed by atoms with Crippen molar-refractivity contribution in [3.05, 3.63) is 90.5 Å². The molecule has 0 saturated carbocycles. The number of nitrogens with zero attached hydrogens (tertiary/aromatic N) is 5. The molecule has 0 radical (unpaired) electrons. The van der Waals surface area contributed by atoms with Crippen molar-refractivity contribution in [2.75, 3.05) is 0 Å². The molecule has 5 nitrogen and oxygen atoms in total. The fraction of sp³-hybridized carbons (Fsp3) is 0.0870. The predicted molar refractivity (Wildman–Crippen MR) is 111 cm³/mol. The van der Waals surface area contributed by atoms with Crippen molar-refractivity contribution in [1.29, 1.82) is 0 Å². The summed E-state index contributed by atoms with van der Waals surface area (Å²) in [7, 11) is 0. The maximum absolute atomic E-state index is 4.61. The quantitative estimate of drug-likeness (QED) is 0.457. The Balaban J connectivity index is 1.64. The van der Waals surface area contributed by atoms with Crippen LogP contribution < -0.4 is 0 Å². The van der Waals surface area contributed by atoms with Gasteiger partial charge in [-0.3, -0.25) is 9.13 Å². The summed E-state index contributed by atoms with van der Waals surface area (Å²) in [5, 5.41) is 8.57. The first kappa shape index (κ1) is 16.4. The van der Waals surface area contributed by atoms with Gasteiger partial charge in [0.15, 0.2) is 5.82 Å². The topological polar surface area (TPSA) is 48.5 Å². The van der Waals surface area contributed by atoms with Crippen LogP contribution in [0.2, 0.25) is 0 Å². The van der Waals surface area contributed by atoms with Gasteiger partial charge in [-0.2, -0.15) is 0 Å². The van der Waals surface area contributed by atoms with E-state index in [1.165, 1.54) is 11.1 Å². The van der Waals surface area contributed by atoms with Crippen LogP contribution in [0.5, 0.6) is 0 Å². The lowest BCUT2D eigenvalue weighted by molar-refractivity contribution is 1.03. The molecular weight excluding hydrogens is 346 g/mol. The monoisotopic (exact) mass is 365 g/mol. The van der Waals surface area contributed by atoms with Crippen LogP contribution in [0.15, 0.2) is 79.4 Å². The molecule has 2 aromatic heterocycles. The number of para-hydroxylation sites is 2. The van der Waals surface area contributed by atoms with Crippen molar-refractivity contribution in [1.82, 2.24) is 24.3 Å². The van der Waals surface area contributed by atoms with Gasteiger partial charge in [0.05, 0.1) is 16.7 Å². The number of rotatable bonds is 3. The lowest BCUT2D eigenvalue weighted by Crippen LogP contribution is -2.01. The second kappa shape index (κ2) is 6.46. The molecule has 0 fully saturated rings. The average molecular weight is 365 g/mol. The zero-order valence-electron chi connectivity index (χ0n) is 15.7. The number of imidazole rings is 1. The Bertz CT molecular complexity index is 1260. The molecule has 0 aliphatic rings. The lowest BCUT2D eigenvalue weighted by Gasteiger charge is -2.13. The maximum atomic E-state index is 4.61. The summed E-state index contributed by atoms with van der Waals surface area (Å²) in [4.78, 5) is 4.61. The number of fused-ring (bicyclic) bond motifs is 1. The third-order valence-electron chi connectivity index (χ3n) is 5.07. The molecule has 0 unspecified atom stereocenters. The molecule has 0 atom stereocenters. The van der Waals surface area contributed by atoms with Crippen LogP contribution in [0, 0.1) is 13.8 Å². The second-order valence-electron chi connectivity index (χ2n) is 6.92. The van der Waals surface area contributed by atoms with Gasteiger partial charge < -0.3 is 0 Å². The van der Waals surface area contributed by atoms with E-state index in [4.69, 9.17) is 0 Å². The van der Waals surface area contributed by atoms with E-state index in [-0.39, 0.29) is 0 Å². The third-order valence-corrected chi connectivity index (χ3v) is 5.07. The van der Waals surface area contributed by atoms with E-state index in [2.05, 4.69) is 86.7 Å². The highest BCUT2D eigenvalue weighted by atomic mass is 15.3. The van der Waals surface area contributed by atoms with Crippen LogP contribution >= 0.6 is 0 Å². The highest BCUT2D eigenvalue weighted by Crippen LogP contribution is 2.28. The minimum absolute atomic E-state index is 0.813. The first-order valence-electron chi connectivity index (χ1n) is 9.22. The van der Waals surface area contributed by atoms with E-state index in [0.29, 0.717) is 0 Å². The molecule has 5 rings (SSSR count). The van der Waals surface area contributed by atoms with Crippen molar-refractivity contribution in [3.8, 4) is 22.8 Å². The van der Waals surface area contributed by atoms with Gasteiger partial charge in [-0.15, -0.1) is 10.2 Å². The summed E-state index contributed by atoms with van der Waals surface area (Å²) >= 11 is 0. The molecule has 5 heteroatoms. The van der Waals surface area contributed by atoms with E-state index in [0.717, 1.165) is 33.8 Å². The van der Waals surface area contributed by atoms with E-state index < -0.39 is 0 Å². The van der Waals surface area contributed by atoms with Crippen LogP contribution in [0.3, 0.4) is 0 Å². The average Bonchev–Trinajstić information content (AvgIpc) is 3.35. The number of aryl methyl sites for hydroxylation is 2. The largest absolute Gasteiger partial charge is 0.299 e. The van der Waals surface area contributed by atoms with Crippen molar-refractivity contribution in [2.45, 2.75) is 13.8 Å². The number of hydrogen-bond donors (Lipinski definition) is 0. The van der Waals surface area contributed by atoms with Crippen molar-refractivity contribution in [3.63, 3.8) is 0 Å². The van der Waals surface area contributed by atoms with Crippen LogP contribution in [-0.4, -0.2) is 24.3 Å². The van der Waals surface area contributed by atoms with Crippen LogP contribution in [-0.2, 0) is 0 Å². The normalized spacial score (nSPS) is 11.2. The van der Waals surface area contributed by atoms with Crippen LogP contribution in [0.4, 0.5) is 0 Å². The van der Waals surface area contributed by atoms with E-state index in [9.17, 15) is 0 Å². The van der Waals surface area contributed by atoms with E-state index in [1.807, 2.05) is 24.5 Å². The molecular formula is C23H19N5. The van der Waals surface area contributed by atoms with E-state index in [1.54, 1.807) is 6.33 Å². The molecule has 136 valence electrons. The molecule has 3 aromatic carbocycles. The minimum Gasteiger partial charge on any atom is -0.299 e. The molecule has 0 saturated heterocycles. The Kier molecular flexibility index (Phi) is 3.79. The summed E-state index contributed by atoms with van der Waals surface area (Å²) in [5.74, 6) is 0.813.